The SMILES string of the molecule is O=C(Nc1ccccc1N1CCOCC1)c1ccc(-c2ccccc2)o1. The van der Waals surface area contributed by atoms with Crippen molar-refractivity contribution in [3.05, 3.63) is 72.5 Å². The van der Waals surface area contributed by atoms with Crippen LogP contribution in [-0.4, -0.2) is 32.2 Å². The van der Waals surface area contributed by atoms with Gasteiger partial charge in [-0.25, -0.2) is 0 Å². The molecule has 3 aromatic rings. The van der Waals surface area contributed by atoms with Crippen LogP contribution in [0.3, 0.4) is 0 Å². The molecule has 0 atom stereocenters. The summed E-state index contributed by atoms with van der Waals surface area (Å²) in [6.45, 7) is 3.01. The third kappa shape index (κ3) is 3.48. The van der Waals surface area contributed by atoms with Crippen molar-refractivity contribution >= 4 is 17.3 Å². The molecule has 132 valence electrons. The van der Waals surface area contributed by atoms with Crippen LogP contribution in [-0.2, 0) is 4.74 Å². The van der Waals surface area contributed by atoms with Crippen molar-refractivity contribution in [2.45, 2.75) is 0 Å². The molecule has 26 heavy (non-hydrogen) atoms. The molecule has 1 aliphatic rings. The third-order valence-corrected chi connectivity index (χ3v) is 4.39. The number of anilines is 2. The van der Waals surface area contributed by atoms with Crippen LogP contribution >= 0.6 is 0 Å². The first-order chi connectivity index (χ1) is 12.8. The summed E-state index contributed by atoms with van der Waals surface area (Å²) in [6, 6.07) is 21.1. The van der Waals surface area contributed by atoms with Crippen molar-refractivity contribution in [2.24, 2.45) is 0 Å². The minimum atomic E-state index is -0.257. The van der Waals surface area contributed by atoms with Gasteiger partial charge in [-0.2, -0.15) is 0 Å². The first kappa shape index (κ1) is 16.4. The lowest BCUT2D eigenvalue weighted by atomic mass is 10.2. The van der Waals surface area contributed by atoms with E-state index in [9.17, 15) is 4.79 Å². The highest BCUT2D eigenvalue weighted by molar-refractivity contribution is 6.04. The van der Waals surface area contributed by atoms with Gasteiger partial charge in [-0.1, -0.05) is 42.5 Å². The molecule has 0 aliphatic carbocycles. The highest BCUT2D eigenvalue weighted by Gasteiger charge is 2.18. The van der Waals surface area contributed by atoms with Gasteiger partial charge in [0.15, 0.2) is 5.76 Å². The van der Waals surface area contributed by atoms with Gasteiger partial charge in [-0.3, -0.25) is 4.79 Å². The van der Waals surface area contributed by atoms with E-state index in [-0.39, 0.29) is 5.91 Å². The number of nitrogens with zero attached hydrogens (tertiary/aromatic N) is 1. The quantitative estimate of drug-likeness (QED) is 0.773. The van der Waals surface area contributed by atoms with E-state index in [1.54, 1.807) is 6.07 Å². The molecule has 2 heterocycles. The molecule has 0 saturated carbocycles. The van der Waals surface area contributed by atoms with Crippen LogP contribution in [0.5, 0.6) is 0 Å². The summed E-state index contributed by atoms with van der Waals surface area (Å²) in [7, 11) is 0. The van der Waals surface area contributed by atoms with Crippen molar-refractivity contribution < 1.29 is 13.9 Å². The molecule has 4 rings (SSSR count). The Labute approximate surface area is 152 Å². The molecule has 2 aromatic carbocycles. The molecule has 1 aromatic heterocycles. The highest BCUT2D eigenvalue weighted by Crippen LogP contribution is 2.28. The van der Waals surface area contributed by atoms with Crippen LogP contribution in [0.1, 0.15) is 10.6 Å². The van der Waals surface area contributed by atoms with Crippen LogP contribution in [0.2, 0.25) is 0 Å². The highest BCUT2D eigenvalue weighted by atomic mass is 16.5. The van der Waals surface area contributed by atoms with Gasteiger partial charge in [-0.05, 0) is 24.3 Å². The van der Waals surface area contributed by atoms with E-state index in [4.69, 9.17) is 9.15 Å². The summed E-state index contributed by atoms with van der Waals surface area (Å²) in [6.07, 6.45) is 0. The Balaban J connectivity index is 1.53. The van der Waals surface area contributed by atoms with Gasteiger partial charge in [-0.15, -0.1) is 0 Å². The minimum Gasteiger partial charge on any atom is -0.451 e. The van der Waals surface area contributed by atoms with Gasteiger partial charge >= 0.3 is 0 Å². The summed E-state index contributed by atoms with van der Waals surface area (Å²) < 4.78 is 11.2. The first-order valence-electron chi connectivity index (χ1n) is 8.69. The maximum atomic E-state index is 12.6. The van der Waals surface area contributed by atoms with Crippen molar-refractivity contribution in [1.82, 2.24) is 0 Å². The average Bonchev–Trinajstić information content (AvgIpc) is 3.20. The van der Waals surface area contributed by atoms with E-state index < -0.39 is 0 Å². The van der Waals surface area contributed by atoms with Gasteiger partial charge < -0.3 is 19.4 Å². The van der Waals surface area contributed by atoms with Crippen LogP contribution in [0.4, 0.5) is 11.4 Å². The van der Waals surface area contributed by atoms with Gasteiger partial charge in [0.25, 0.3) is 5.91 Å². The monoisotopic (exact) mass is 348 g/mol. The maximum Gasteiger partial charge on any atom is 0.291 e. The number of ether oxygens (including phenoxy) is 1. The number of para-hydroxylation sites is 2. The topological polar surface area (TPSA) is 54.7 Å². The number of carbonyl (C=O) groups excluding carboxylic acids is 1. The maximum absolute atomic E-state index is 12.6. The second-order valence-electron chi connectivity index (χ2n) is 6.10. The number of carbonyl (C=O) groups is 1. The van der Waals surface area contributed by atoms with Crippen molar-refractivity contribution in [2.75, 3.05) is 36.5 Å². The lowest BCUT2D eigenvalue weighted by molar-refractivity contribution is 0.0997. The van der Waals surface area contributed by atoms with Crippen LogP contribution in [0, 0.1) is 0 Å². The Hall–Kier alpha value is -3.05. The Morgan fingerprint density at radius 1 is 0.885 bits per heavy atom. The Bertz CT molecular complexity index is 883. The number of nitrogens with one attached hydrogen (secondary N) is 1. The van der Waals surface area contributed by atoms with Crippen LogP contribution in [0.25, 0.3) is 11.3 Å². The Kier molecular flexibility index (Phi) is 4.71. The second-order valence-corrected chi connectivity index (χ2v) is 6.10. The van der Waals surface area contributed by atoms with Crippen molar-refractivity contribution in [1.29, 1.82) is 0 Å². The first-order valence-corrected chi connectivity index (χ1v) is 8.69. The molecule has 0 radical (unpaired) electrons. The fourth-order valence-corrected chi connectivity index (χ4v) is 3.06. The molecule has 0 bridgehead atoms. The van der Waals surface area contributed by atoms with Gasteiger partial charge in [0.05, 0.1) is 24.6 Å². The molecule has 5 heteroatoms. The largest absolute Gasteiger partial charge is 0.451 e. The van der Waals surface area contributed by atoms with E-state index in [1.165, 1.54) is 0 Å². The number of hydrogen-bond donors (Lipinski definition) is 1. The molecule has 1 aliphatic heterocycles. The van der Waals surface area contributed by atoms with E-state index in [1.807, 2.05) is 60.7 Å². The van der Waals surface area contributed by atoms with Crippen LogP contribution < -0.4 is 10.2 Å². The Morgan fingerprint density at radius 2 is 1.62 bits per heavy atom. The molecule has 0 unspecified atom stereocenters. The summed E-state index contributed by atoms with van der Waals surface area (Å²) in [5.41, 5.74) is 2.72. The van der Waals surface area contributed by atoms with Crippen LogP contribution in [0.15, 0.2) is 71.1 Å². The molecule has 0 spiro atoms. The second kappa shape index (κ2) is 7.45. The zero-order valence-corrected chi connectivity index (χ0v) is 14.4. The third-order valence-electron chi connectivity index (χ3n) is 4.39. The molecule has 1 N–H and O–H groups in total. The number of furan rings is 1. The summed E-state index contributed by atoms with van der Waals surface area (Å²) in [4.78, 5) is 14.9. The standard InChI is InChI=1S/C21H20N2O3/c24-21(20-11-10-19(26-20)16-6-2-1-3-7-16)22-17-8-4-5-9-18(17)23-12-14-25-15-13-23/h1-11H,12-15H2,(H,22,24). The number of benzene rings is 2. The van der Waals surface area contributed by atoms with Gasteiger partial charge in [0.2, 0.25) is 0 Å². The number of hydrogen-bond acceptors (Lipinski definition) is 4. The van der Waals surface area contributed by atoms with Crippen molar-refractivity contribution in [3.8, 4) is 11.3 Å². The van der Waals surface area contributed by atoms with E-state index in [2.05, 4.69) is 10.2 Å². The number of rotatable bonds is 4. The number of morpholine rings is 1. The Morgan fingerprint density at radius 3 is 2.42 bits per heavy atom. The lowest BCUT2D eigenvalue weighted by Gasteiger charge is -2.30. The average molecular weight is 348 g/mol. The summed E-state index contributed by atoms with van der Waals surface area (Å²) >= 11 is 0. The summed E-state index contributed by atoms with van der Waals surface area (Å²) in [5.74, 6) is 0.714. The van der Waals surface area contributed by atoms with Gasteiger partial charge in [0, 0.05) is 18.7 Å². The smallest absolute Gasteiger partial charge is 0.291 e. The van der Waals surface area contributed by atoms with E-state index >= 15 is 0 Å². The zero-order valence-electron chi connectivity index (χ0n) is 14.4. The summed E-state index contributed by atoms with van der Waals surface area (Å²) in [5, 5.41) is 2.97. The fraction of sp³-hybridized carbons (Fsp3) is 0.190. The molecule has 1 amide bonds. The normalized spacial score (nSPS) is 14.2. The lowest BCUT2D eigenvalue weighted by Crippen LogP contribution is -2.36. The predicted octanol–water partition coefficient (Wildman–Crippen LogP) is 4.04. The minimum absolute atomic E-state index is 0.257. The molecule has 1 saturated heterocycles. The molecule has 1 fully saturated rings. The molecule has 5 nitrogen and oxygen atoms in total. The predicted molar refractivity (Wildman–Crippen MR) is 102 cm³/mol. The van der Waals surface area contributed by atoms with E-state index in [0.29, 0.717) is 24.7 Å². The zero-order chi connectivity index (χ0) is 17.8. The van der Waals surface area contributed by atoms with Crippen molar-refractivity contribution in [3.63, 3.8) is 0 Å². The van der Waals surface area contributed by atoms with E-state index in [0.717, 1.165) is 30.0 Å². The van der Waals surface area contributed by atoms with Gasteiger partial charge in [0.1, 0.15) is 5.76 Å². The molecular formula is C21H20N2O3. The number of amides is 1. The fourth-order valence-electron chi connectivity index (χ4n) is 3.06. The molecular weight excluding hydrogens is 328 g/mol.